The molecule has 0 aliphatic carbocycles. The van der Waals surface area contributed by atoms with Gasteiger partial charge in [-0.05, 0) is 78.0 Å². The van der Waals surface area contributed by atoms with Gasteiger partial charge in [-0.15, -0.1) is 0 Å². The van der Waals surface area contributed by atoms with E-state index in [2.05, 4.69) is 38.0 Å². The number of aromatic nitrogens is 2. The second kappa shape index (κ2) is 6.27. The Morgan fingerprint density at radius 3 is 2.68 bits per heavy atom. The van der Waals surface area contributed by atoms with Crippen LogP contribution >= 0.6 is 0 Å². The molecule has 2 aliphatic rings. The predicted octanol–water partition coefficient (Wildman–Crippen LogP) is 2.90. The molecule has 0 spiro atoms. The predicted molar refractivity (Wildman–Crippen MR) is 108 cm³/mol. The number of carbonyl (C=O) groups excluding carboxylic acids is 1. The number of imidazole rings is 1. The van der Waals surface area contributed by atoms with Crippen molar-refractivity contribution in [1.29, 1.82) is 0 Å². The Morgan fingerprint density at radius 1 is 1.36 bits per heavy atom. The first-order valence-corrected chi connectivity index (χ1v) is 10.1. The number of benzene rings is 1. The van der Waals surface area contributed by atoms with Crippen LogP contribution in [0.15, 0.2) is 18.2 Å². The van der Waals surface area contributed by atoms with Gasteiger partial charge in [0.15, 0.2) is 0 Å². The van der Waals surface area contributed by atoms with Gasteiger partial charge in [0, 0.05) is 11.1 Å². The molecule has 0 saturated carbocycles. The van der Waals surface area contributed by atoms with E-state index < -0.39 is 5.91 Å². The molecule has 2 fully saturated rings. The summed E-state index contributed by atoms with van der Waals surface area (Å²) >= 11 is 0. The van der Waals surface area contributed by atoms with Crippen molar-refractivity contribution in [3.63, 3.8) is 0 Å². The molecule has 28 heavy (non-hydrogen) atoms. The number of para-hydroxylation sites is 1. The number of nitrogens with zero attached hydrogens (tertiary/aromatic N) is 2. The topological polar surface area (TPSA) is 107 Å². The fourth-order valence-electron chi connectivity index (χ4n) is 5.37. The van der Waals surface area contributed by atoms with Crippen LogP contribution in [-0.4, -0.2) is 43.8 Å². The van der Waals surface area contributed by atoms with Crippen molar-refractivity contribution in [1.82, 2.24) is 20.3 Å². The van der Waals surface area contributed by atoms with Gasteiger partial charge < -0.3 is 21.2 Å². The van der Waals surface area contributed by atoms with Gasteiger partial charge in [0.25, 0.3) is 5.91 Å². The van der Waals surface area contributed by atoms with Crippen molar-refractivity contribution in [2.24, 2.45) is 11.7 Å². The zero-order valence-corrected chi connectivity index (χ0v) is 17.2. The van der Waals surface area contributed by atoms with Gasteiger partial charge in [0.1, 0.15) is 11.3 Å². The van der Waals surface area contributed by atoms with E-state index in [9.17, 15) is 10.0 Å². The highest BCUT2D eigenvalue weighted by Crippen LogP contribution is 2.49. The van der Waals surface area contributed by atoms with E-state index in [1.165, 1.54) is 5.06 Å². The van der Waals surface area contributed by atoms with Gasteiger partial charge in [-0.3, -0.25) is 4.79 Å². The zero-order chi connectivity index (χ0) is 20.3. The lowest BCUT2D eigenvalue weighted by atomic mass is 9.76. The first-order valence-electron chi connectivity index (χ1n) is 10.1. The Morgan fingerprint density at radius 2 is 2.11 bits per heavy atom. The maximum absolute atomic E-state index is 11.8. The van der Waals surface area contributed by atoms with Gasteiger partial charge in [-0.25, -0.2) is 4.98 Å². The Kier molecular flexibility index (Phi) is 4.34. The first-order chi connectivity index (χ1) is 13.1. The standard InChI is InChI=1S/C21H31N5O2/c1-19(2)11-13(20(3,4)26(19)28)12-21(9-6-10-23-21)18-24-15-8-5-7-14(17(22)27)16(15)25-18/h5,7-8,13,23,28H,6,9-12H2,1-4H3,(H2,22,27)(H,24,25)/t13-,21+/m0/s1. The van der Waals surface area contributed by atoms with Crippen LogP contribution in [0.25, 0.3) is 11.0 Å². The maximum Gasteiger partial charge on any atom is 0.250 e. The average molecular weight is 386 g/mol. The Bertz CT molecular complexity index is 911. The van der Waals surface area contributed by atoms with Crippen molar-refractivity contribution >= 4 is 16.9 Å². The number of hydrogen-bond donors (Lipinski definition) is 4. The molecule has 0 unspecified atom stereocenters. The first kappa shape index (κ1) is 19.4. The summed E-state index contributed by atoms with van der Waals surface area (Å²) in [4.78, 5) is 20.1. The summed E-state index contributed by atoms with van der Waals surface area (Å²) in [7, 11) is 0. The largest absolute Gasteiger partial charge is 0.366 e. The Labute approximate surface area is 165 Å². The van der Waals surface area contributed by atoms with Gasteiger partial charge in [-0.2, -0.15) is 5.06 Å². The van der Waals surface area contributed by atoms with Crippen LogP contribution in [0.5, 0.6) is 0 Å². The van der Waals surface area contributed by atoms with E-state index in [0.717, 1.165) is 43.6 Å². The number of rotatable bonds is 4. The van der Waals surface area contributed by atoms with E-state index in [1.807, 2.05) is 12.1 Å². The number of fused-ring (bicyclic) bond motifs is 1. The number of aromatic amines is 1. The van der Waals surface area contributed by atoms with E-state index in [4.69, 9.17) is 10.7 Å². The number of nitrogens with two attached hydrogens (primary N) is 1. The number of nitrogens with one attached hydrogen (secondary N) is 2. The summed E-state index contributed by atoms with van der Waals surface area (Å²) in [6, 6.07) is 5.47. The number of H-pyrrole nitrogens is 1. The van der Waals surface area contributed by atoms with Gasteiger partial charge in [0.2, 0.25) is 0 Å². The molecule has 2 aromatic rings. The number of amides is 1. The van der Waals surface area contributed by atoms with Gasteiger partial charge in [-0.1, -0.05) is 6.07 Å². The molecule has 7 heteroatoms. The molecule has 1 aromatic carbocycles. The van der Waals surface area contributed by atoms with Crippen molar-refractivity contribution in [3.05, 3.63) is 29.6 Å². The normalized spacial score (nSPS) is 29.5. The molecule has 0 radical (unpaired) electrons. The summed E-state index contributed by atoms with van der Waals surface area (Å²) < 4.78 is 0. The third-order valence-corrected chi connectivity index (χ3v) is 6.93. The Balaban J connectivity index is 1.75. The summed E-state index contributed by atoms with van der Waals surface area (Å²) in [6.07, 6.45) is 3.81. The van der Waals surface area contributed by atoms with E-state index >= 15 is 0 Å². The number of hydrogen-bond acceptors (Lipinski definition) is 5. The molecule has 2 saturated heterocycles. The summed E-state index contributed by atoms with van der Waals surface area (Å²) in [6.45, 7) is 9.32. The lowest BCUT2D eigenvalue weighted by Crippen LogP contribution is -2.49. The highest BCUT2D eigenvalue weighted by molar-refractivity contribution is 6.04. The summed E-state index contributed by atoms with van der Waals surface area (Å²) in [5.74, 6) is 0.687. The third kappa shape index (κ3) is 2.84. The van der Waals surface area contributed by atoms with Gasteiger partial charge in [0.05, 0.1) is 16.6 Å². The van der Waals surface area contributed by atoms with Crippen LogP contribution in [0.4, 0.5) is 0 Å². The lowest BCUT2D eigenvalue weighted by molar-refractivity contribution is -0.197. The monoisotopic (exact) mass is 385 g/mol. The molecule has 5 N–H and O–H groups in total. The molecule has 152 valence electrons. The average Bonchev–Trinajstić information content (AvgIpc) is 3.29. The zero-order valence-electron chi connectivity index (χ0n) is 17.2. The van der Waals surface area contributed by atoms with Crippen molar-refractivity contribution in [2.75, 3.05) is 6.54 Å². The molecule has 0 bridgehead atoms. The number of primary amides is 1. The number of hydroxylamine groups is 2. The molecular formula is C21H31N5O2. The molecule has 1 aromatic heterocycles. The molecule has 7 nitrogen and oxygen atoms in total. The van der Waals surface area contributed by atoms with Crippen molar-refractivity contribution in [3.8, 4) is 0 Å². The fraction of sp³-hybridized carbons (Fsp3) is 0.619. The van der Waals surface area contributed by atoms with E-state index in [-0.39, 0.29) is 16.6 Å². The molecular weight excluding hydrogens is 354 g/mol. The molecule has 1 amide bonds. The smallest absolute Gasteiger partial charge is 0.250 e. The SMILES string of the molecule is CC1(C)C[C@@H](C[C@@]2(c3nc4c(C(N)=O)cccc4[nH]3)CCCN2)C(C)(C)N1O. The van der Waals surface area contributed by atoms with Crippen LogP contribution in [0.1, 0.15) is 69.6 Å². The fourth-order valence-corrected chi connectivity index (χ4v) is 5.37. The van der Waals surface area contributed by atoms with Crippen LogP contribution in [-0.2, 0) is 5.54 Å². The van der Waals surface area contributed by atoms with Crippen LogP contribution in [0, 0.1) is 5.92 Å². The second-order valence-corrected chi connectivity index (χ2v) is 9.65. The molecule has 2 atom stereocenters. The quantitative estimate of drug-likeness (QED) is 0.647. The minimum atomic E-state index is -0.466. The van der Waals surface area contributed by atoms with Crippen LogP contribution < -0.4 is 11.1 Å². The van der Waals surface area contributed by atoms with Crippen LogP contribution in [0.2, 0.25) is 0 Å². The molecule has 2 aliphatic heterocycles. The Hall–Kier alpha value is -1.96. The lowest BCUT2D eigenvalue weighted by Gasteiger charge is -2.38. The van der Waals surface area contributed by atoms with Gasteiger partial charge >= 0.3 is 0 Å². The minimum Gasteiger partial charge on any atom is -0.366 e. The van der Waals surface area contributed by atoms with E-state index in [1.54, 1.807) is 6.07 Å². The van der Waals surface area contributed by atoms with Crippen molar-refractivity contribution in [2.45, 2.75) is 70.0 Å². The highest BCUT2D eigenvalue weighted by Gasteiger charge is 2.54. The van der Waals surface area contributed by atoms with Crippen molar-refractivity contribution < 1.29 is 10.0 Å². The van der Waals surface area contributed by atoms with E-state index in [0.29, 0.717) is 17.0 Å². The number of carbonyl (C=O) groups is 1. The minimum absolute atomic E-state index is 0.263. The second-order valence-electron chi connectivity index (χ2n) is 9.65. The molecule has 3 heterocycles. The highest BCUT2D eigenvalue weighted by atomic mass is 16.5. The summed E-state index contributed by atoms with van der Waals surface area (Å²) in [5.41, 5.74) is 6.56. The summed E-state index contributed by atoms with van der Waals surface area (Å²) in [5, 5.41) is 16.0. The van der Waals surface area contributed by atoms with Crippen LogP contribution in [0.3, 0.4) is 0 Å². The molecule has 4 rings (SSSR count). The third-order valence-electron chi connectivity index (χ3n) is 6.93. The maximum atomic E-state index is 11.8.